The molecule has 0 nitrogen and oxygen atoms in total. The van der Waals surface area contributed by atoms with Crippen molar-refractivity contribution in [1.29, 1.82) is 0 Å². The van der Waals surface area contributed by atoms with E-state index in [-0.39, 0.29) is 58.2 Å². The molecule has 1 heterocycles. The summed E-state index contributed by atoms with van der Waals surface area (Å²) in [4.78, 5) is 0. The van der Waals surface area contributed by atoms with Crippen molar-refractivity contribution in [2.24, 2.45) is 0 Å². The minimum atomic E-state index is -0.264. The van der Waals surface area contributed by atoms with Gasteiger partial charge >= 0.3 is 25.8 Å². The van der Waals surface area contributed by atoms with E-state index in [1.54, 1.807) is 0 Å². The zero-order valence-corrected chi connectivity index (χ0v) is 21.9. The number of rotatable bonds is 1. The van der Waals surface area contributed by atoms with Gasteiger partial charge in [0.25, 0.3) is 0 Å². The van der Waals surface area contributed by atoms with E-state index in [0.717, 1.165) is 6.42 Å². The molecule has 5 rings (SSSR count). The Morgan fingerprint density at radius 2 is 1.43 bits per heavy atom. The molecule has 0 radical (unpaired) electrons. The van der Waals surface area contributed by atoms with E-state index in [4.69, 9.17) is 0 Å². The molecule has 1 aliphatic rings. The fourth-order valence-corrected chi connectivity index (χ4v) is 5.18. The van der Waals surface area contributed by atoms with E-state index in [0.29, 0.717) is 0 Å². The molecule has 1 aliphatic carbocycles. The molecule has 0 atom stereocenters. The van der Waals surface area contributed by atoms with Crippen molar-refractivity contribution in [3.63, 3.8) is 0 Å². The zero-order chi connectivity index (χ0) is 17.2. The summed E-state index contributed by atoms with van der Waals surface area (Å²) in [5, 5.41) is 6.94. The van der Waals surface area contributed by atoms with Gasteiger partial charge in [-0.15, -0.1) is 55.9 Å². The van der Waals surface area contributed by atoms with E-state index >= 15 is 0 Å². The summed E-state index contributed by atoms with van der Waals surface area (Å²) < 4.78 is 0. The molecule has 28 heavy (non-hydrogen) atoms. The quantitative estimate of drug-likeness (QED) is 0.235. The van der Waals surface area contributed by atoms with Crippen LogP contribution in [0.5, 0.6) is 0 Å². The Hall–Kier alpha value is -0.980. The number of hydrogen-bond acceptors (Lipinski definition) is 0. The molecule has 0 saturated heterocycles. The van der Waals surface area contributed by atoms with Gasteiger partial charge in [0.2, 0.25) is 0 Å². The molecular weight excluding hydrogens is 569 g/mol. The second-order valence-electron chi connectivity index (χ2n) is 6.53. The van der Waals surface area contributed by atoms with E-state index in [1.807, 2.05) is 0 Å². The molecule has 1 aromatic heterocycles. The average Bonchev–Trinajstić information content (AvgIpc) is 3.33. The maximum absolute atomic E-state index is 3.19. The smallest absolute Gasteiger partial charge is 1.00 e. The molecule has 0 amide bonds. The Balaban J connectivity index is 0.000000341. The van der Waals surface area contributed by atoms with Crippen LogP contribution in [-0.2, 0) is 25.8 Å². The van der Waals surface area contributed by atoms with Crippen LogP contribution in [0.2, 0.25) is 0 Å². The molecule has 0 fully saturated rings. The third kappa shape index (κ3) is 5.55. The predicted octanol–water partition coefficient (Wildman–Crippen LogP) is 1.78. The van der Waals surface area contributed by atoms with Gasteiger partial charge in [0.1, 0.15) is 0 Å². The van der Waals surface area contributed by atoms with E-state index in [1.165, 1.54) is 38.0 Å². The first kappa shape index (κ1) is 25.1. The van der Waals surface area contributed by atoms with Crippen molar-refractivity contribution in [2.45, 2.75) is 20.3 Å². The van der Waals surface area contributed by atoms with Crippen molar-refractivity contribution < 1.29 is 50.7 Å². The summed E-state index contributed by atoms with van der Waals surface area (Å²) >= 11 is 0. The van der Waals surface area contributed by atoms with E-state index < -0.39 is 0 Å². The first-order valence-corrected chi connectivity index (χ1v) is 10.2. The number of benzene rings is 2. The largest absolute Gasteiger partial charge is 4.00 e. The van der Waals surface area contributed by atoms with Crippen LogP contribution in [0.25, 0.3) is 26.8 Å². The number of allylic oxidation sites excluding steroid dienone is 4. The second kappa shape index (κ2) is 11.3. The Bertz CT molecular complexity index is 948. The van der Waals surface area contributed by atoms with Crippen LogP contribution in [-0.4, -0.2) is 0 Å². The van der Waals surface area contributed by atoms with Crippen molar-refractivity contribution in [3.05, 3.63) is 95.6 Å². The first-order chi connectivity index (χ1) is 12.2. The summed E-state index contributed by atoms with van der Waals surface area (Å²) in [5.74, 6) is 4.83. The van der Waals surface area contributed by atoms with Crippen molar-refractivity contribution in [1.82, 2.24) is 0 Å². The number of hydrogen-bond donors (Lipinski definition) is 0. The maximum Gasteiger partial charge on any atom is 4.00 e. The molecule has 0 bridgehead atoms. The molecule has 0 spiro atoms. The van der Waals surface area contributed by atoms with Gasteiger partial charge in [0.05, 0.1) is 0 Å². The first-order valence-electron chi connectivity index (χ1n) is 8.68. The Kier molecular flexibility index (Phi) is 10.1. The van der Waals surface area contributed by atoms with Gasteiger partial charge in [0.15, 0.2) is 0 Å². The normalized spacial score (nSPS) is 12.1. The third-order valence-corrected chi connectivity index (χ3v) is 6.79. The summed E-state index contributed by atoms with van der Waals surface area (Å²) in [6.45, 7) is 4.22. The van der Waals surface area contributed by atoms with Crippen LogP contribution in [0.3, 0.4) is 0 Å². The summed E-state index contributed by atoms with van der Waals surface area (Å²) in [5.41, 5.74) is 2.71. The topological polar surface area (TPSA) is 0 Å². The molecule has 140 valence electrons. The fraction of sp³-hybridized carbons (Fsp3) is 0.125. The van der Waals surface area contributed by atoms with E-state index in [9.17, 15) is 0 Å². The molecular formula is C24H21Cl2HfP. The SMILES string of the molecule is CC1=[C-]CC=C1C.[Cl-].[Cl-].[Hf+4].c1ccc2cp(-c3cc4ccccc4[cH-]3)cc2c1. The zero-order valence-electron chi connectivity index (χ0n) is 15.9. The Labute approximate surface area is 199 Å². The van der Waals surface area contributed by atoms with Crippen molar-refractivity contribution >= 4 is 29.1 Å². The van der Waals surface area contributed by atoms with Crippen molar-refractivity contribution in [2.75, 3.05) is 0 Å². The maximum atomic E-state index is 3.19. The molecule has 0 unspecified atom stereocenters. The molecule has 0 aliphatic heterocycles. The Morgan fingerprint density at radius 1 is 0.857 bits per heavy atom. The molecule has 4 heteroatoms. The van der Waals surface area contributed by atoms with Crippen LogP contribution >= 0.6 is 7.53 Å². The van der Waals surface area contributed by atoms with Gasteiger partial charge in [-0.1, -0.05) is 42.6 Å². The molecule has 0 saturated carbocycles. The monoisotopic (exact) mass is 590 g/mol. The second-order valence-corrected chi connectivity index (χ2v) is 8.38. The van der Waals surface area contributed by atoms with Gasteiger partial charge < -0.3 is 24.8 Å². The van der Waals surface area contributed by atoms with Crippen molar-refractivity contribution in [3.8, 4) is 5.30 Å². The predicted molar refractivity (Wildman–Crippen MR) is 112 cm³/mol. The van der Waals surface area contributed by atoms with Crippen LogP contribution in [0, 0.1) is 6.08 Å². The summed E-state index contributed by atoms with van der Waals surface area (Å²) in [6.07, 6.45) is 6.41. The fourth-order valence-electron chi connectivity index (χ4n) is 3.16. The standard InChI is InChI=1S/C17H12P.C7H9.2ClH.Hf/c1-2-6-14-10-17(9-13(14)5-1)18-11-15-7-3-4-8-16(15)12-18;1-6-4-3-5-7(6)2;;;/h1-12H;4H,3H2,1-2H3;2*1H;/q2*-1;;;+4/p-2. The number of fused-ring (bicyclic) bond motifs is 2. The third-order valence-electron chi connectivity index (χ3n) is 4.82. The Morgan fingerprint density at radius 3 is 1.89 bits per heavy atom. The molecule has 3 aromatic carbocycles. The van der Waals surface area contributed by atoms with Crippen LogP contribution in [0.1, 0.15) is 20.3 Å². The summed E-state index contributed by atoms with van der Waals surface area (Å²) in [7, 11) is -0.264. The van der Waals surface area contributed by atoms with Crippen LogP contribution in [0.4, 0.5) is 0 Å². The van der Waals surface area contributed by atoms with Gasteiger partial charge in [-0.3, -0.25) is 6.08 Å². The van der Waals surface area contributed by atoms with E-state index in [2.05, 4.69) is 98.3 Å². The van der Waals surface area contributed by atoms with Gasteiger partial charge in [-0.2, -0.15) is 12.1 Å². The van der Waals surface area contributed by atoms with Gasteiger partial charge in [-0.05, 0) is 22.4 Å². The minimum Gasteiger partial charge on any atom is -1.00 e. The average molecular weight is 590 g/mol. The van der Waals surface area contributed by atoms with Gasteiger partial charge in [0, 0.05) is 0 Å². The van der Waals surface area contributed by atoms with Crippen LogP contribution < -0.4 is 24.8 Å². The van der Waals surface area contributed by atoms with Crippen LogP contribution in [0.15, 0.2) is 89.5 Å². The molecule has 0 N–H and O–H groups in total. The summed E-state index contributed by atoms with van der Waals surface area (Å²) in [6, 6.07) is 21.9. The number of halogens is 2. The minimum absolute atomic E-state index is 0. The molecule has 4 aromatic rings. The van der Waals surface area contributed by atoms with Gasteiger partial charge in [-0.25, -0.2) is 11.1 Å².